The van der Waals surface area contributed by atoms with Crippen LogP contribution in [0.25, 0.3) is 6.08 Å². The number of halogens is 1. The molecule has 0 saturated heterocycles. The zero-order valence-electron chi connectivity index (χ0n) is 14.6. The van der Waals surface area contributed by atoms with Crippen molar-refractivity contribution in [1.82, 2.24) is 0 Å². The molecule has 0 bridgehead atoms. The summed E-state index contributed by atoms with van der Waals surface area (Å²) in [5, 5.41) is 10.9. The van der Waals surface area contributed by atoms with E-state index in [4.69, 9.17) is 21.1 Å². The van der Waals surface area contributed by atoms with E-state index in [1.807, 2.05) is 13.8 Å². The van der Waals surface area contributed by atoms with Gasteiger partial charge in [0.15, 0.2) is 17.3 Å². The van der Waals surface area contributed by atoms with Crippen molar-refractivity contribution in [1.29, 1.82) is 0 Å². The van der Waals surface area contributed by atoms with E-state index in [0.29, 0.717) is 17.1 Å². The maximum Gasteiger partial charge on any atom is 0.288 e. The van der Waals surface area contributed by atoms with Gasteiger partial charge in [-0.1, -0.05) is 23.7 Å². The first-order valence-electron chi connectivity index (χ1n) is 7.83. The van der Waals surface area contributed by atoms with Gasteiger partial charge in [-0.05, 0) is 44.2 Å². The minimum absolute atomic E-state index is 0.0176. The maximum absolute atomic E-state index is 12.4. The Morgan fingerprint density at radius 1 is 1.27 bits per heavy atom. The van der Waals surface area contributed by atoms with Crippen molar-refractivity contribution >= 4 is 29.1 Å². The summed E-state index contributed by atoms with van der Waals surface area (Å²) in [6.07, 6.45) is 2.84. The Balaban J connectivity index is 2.34. The van der Waals surface area contributed by atoms with Crippen LogP contribution in [0.15, 0.2) is 42.5 Å². The zero-order chi connectivity index (χ0) is 19.3. The fraction of sp³-hybridized carbons (Fsp3) is 0.211. The molecular weight excluding hydrogens is 358 g/mol. The van der Waals surface area contributed by atoms with Crippen molar-refractivity contribution < 1.29 is 19.2 Å². The van der Waals surface area contributed by atoms with Gasteiger partial charge in [0, 0.05) is 17.2 Å². The topological polar surface area (TPSA) is 78.7 Å². The molecule has 0 amide bonds. The van der Waals surface area contributed by atoms with Crippen LogP contribution in [0.5, 0.6) is 11.5 Å². The summed E-state index contributed by atoms with van der Waals surface area (Å²) in [4.78, 5) is 22.7. The number of carbonyl (C=O) groups excluding carboxylic acids is 1. The second-order valence-electron chi connectivity index (χ2n) is 5.67. The summed E-state index contributed by atoms with van der Waals surface area (Å²) in [6.45, 7) is 3.77. The van der Waals surface area contributed by atoms with Crippen LogP contribution >= 0.6 is 11.6 Å². The Labute approximate surface area is 156 Å². The lowest BCUT2D eigenvalue weighted by molar-refractivity contribution is -0.384. The van der Waals surface area contributed by atoms with Crippen LogP contribution in [0, 0.1) is 10.1 Å². The van der Waals surface area contributed by atoms with Crippen LogP contribution in [-0.2, 0) is 0 Å². The smallest absolute Gasteiger partial charge is 0.288 e. The summed E-state index contributed by atoms with van der Waals surface area (Å²) in [6, 6.07) is 9.27. The van der Waals surface area contributed by atoms with Crippen LogP contribution in [-0.4, -0.2) is 23.9 Å². The molecule has 2 aromatic rings. The highest BCUT2D eigenvalue weighted by atomic mass is 35.5. The third-order valence-corrected chi connectivity index (χ3v) is 3.74. The number of rotatable bonds is 7. The Morgan fingerprint density at radius 3 is 2.62 bits per heavy atom. The minimum Gasteiger partial charge on any atom is -0.493 e. The fourth-order valence-corrected chi connectivity index (χ4v) is 2.44. The molecule has 0 heterocycles. The number of ketones is 1. The molecule has 0 fully saturated rings. The third kappa shape index (κ3) is 4.61. The second kappa shape index (κ2) is 8.49. The molecule has 0 N–H and O–H groups in total. The van der Waals surface area contributed by atoms with Crippen LogP contribution in [0.4, 0.5) is 5.69 Å². The van der Waals surface area contributed by atoms with Gasteiger partial charge in [0.2, 0.25) is 0 Å². The summed E-state index contributed by atoms with van der Waals surface area (Å²) in [5.74, 6) is 0.689. The molecule has 2 aromatic carbocycles. The van der Waals surface area contributed by atoms with Gasteiger partial charge in [0.05, 0.1) is 18.1 Å². The van der Waals surface area contributed by atoms with Crippen LogP contribution in [0.1, 0.15) is 29.8 Å². The highest BCUT2D eigenvalue weighted by Gasteiger charge is 2.15. The van der Waals surface area contributed by atoms with Crippen molar-refractivity contribution in [3.05, 3.63) is 68.7 Å². The number of nitro groups is 1. The largest absolute Gasteiger partial charge is 0.493 e. The number of nitro benzene ring substituents is 1. The molecule has 2 rings (SSSR count). The highest BCUT2D eigenvalue weighted by molar-refractivity contribution is 6.32. The summed E-state index contributed by atoms with van der Waals surface area (Å²) >= 11 is 5.77. The van der Waals surface area contributed by atoms with Gasteiger partial charge in [-0.15, -0.1) is 0 Å². The summed E-state index contributed by atoms with van der Waals surface area (Å²) < 4.78 is 11.1. The predicted molar refractivity (Wildman–Crippen MR) is 100 cm³/mol. The van der Waals surface area contributed by atoms with Gasteiger partial charge in [0.1, 0.15) is 5.02 Å². The molecule has 0 aliphatic rings. The van der Waals surface area contributed by atoms with E-state index < -0.39 is 4.92 Å². The first-order chi connectivity index (χ1) is 12.3. The molecule has 0 radical (unpaired) electrons. The van der Waals surface area contributed by atoms with Crippen LogP contribution < -0.4 is 9.47 Å². The Morgan fingerprint density at radius 2 is 2.00 bits per heavy atom. The molecule has 6 nitrogen and oxygen atoms in total. The molecule has 0 atom stereocenters. The fourth-order valence-electron chi connectivity index (χ4n) is 2.25. The molecule has 7 heteroatoms. The SMILES string of the molecule is COc1cccc(/C=C/C(=O)c2ccc(Cl)c([N+](=O)[O-])c2)c1OC(C)C. The number of hydrogen-bond acceptors (Lipinski definition) is 5. The van der Waals surface area contributed by atoms with Gasteiger partial charge < -0.3 is 9.47 Å². The van der Waals surface area contributed by atoms with Crippen molar-refractivity contribution in [3.8, 4) is 11.5 Å². The average molecular weight is 376 g/mol. The van der Waals surface area contributed by atoms with Gasteiger partial charge >= 0.3 is 0 Å². The van der Waals surface area contributed by atoms with Crippen molar-refractivity contribution in [3.63, 3.8) is 0 Å². The number of methoxy groups -OCH3 is 1. The van der Waals surface area contributed by atoms with Crippen molar-refractivity contribution in [2.24, 2.45) is 0 Å². The van der Waals surface area contributed by atoms with Gasteiger partial charge in [-0.2, -0.15) is 0 Å². The van der Waals surface area contributed by atoms with E-state index in [2.05, 4.69) is 0 Å². The molecule has 0 unspecified atom stereocenters. The third-order valence-electron chi connectivity index (χ3n) is 3.42. The van der Waals surface area contributed by atoms with Gasteiger partial charge in [-0.3, -0.25) is 14.9 Å². The molecule has 0 spiro atoms. The van der Waals surface area contributed by atoms with Crippen LogP contribution in [0.3, 0.4) is 0 Å². The van der Waals surface area contributed by atoms with E-state index in [0.717, 1.165) is 6.07 Å². The monoisotopic (exact) mass is 375 g/mol. The van der Waals surface area contributed by atoms with Crippen molar-refractivity contribution in [2.75, 3.05) is 7.11 Å². The van der Waals surface area contributed by atoms with E-state index in [1.54, 1.807) is 24.3 Å². The molecule has 26 heavy (non-hydrogen) atoms. The first-order valence-corrected chi connectivity index (χ1v) is 8.21. The number of nitrogens with zero attached hydrogens (tertiary/aromatic N) is 1. The number of hydrogen-bond donors (Lipinski definition) is 0. The lowest BCUT2D eigenvalue weighted by Gasteiger charge is -2.15. The Hall–Kier alpha value is -2.86. The predicted octanol–water partition coefficient (Wildman–Crippen LogP) is 4.94. The van der Waals surface area contributed by atoms with E-state index in [-0.39, 0.29) is 28.2 Å². The van der Waals surface area contributed by atoms with E-state index in [9.17, 15) is 14.9 Å². The maximum atomic E-state index is 12.4. The molecule has 0 aliphatic heterocycles. The minimum atomic E-state index is -0.626. The number of benzene rings is 2. The lowest BCUT2D eigenvalue weighted by atomic mass is 10.1. The number of para-hydroxylation sites is 1. The van der Waals surface area contributed by atoms with Crippen molar-refractivity contribution in [2.45, 2.75) is 20.0 Å². The number of ether oxygens (including phenoxy) is 2. The number of carbonyl (C=O) groups is 1. The molecule has 0 aromatic heterocycles. The van der Waals surface area contributed by atoms with E-state index in [1.165, 1.54) is 25.3 Å². The molecule has 136 valence electrons. The van der Waals surface area contributed by atoms with Crippen LogP contribution in [0.2, 0.25) is 5.02 Å². The summed E-state index contributed by atoms with van der Waals surface area (Å²) in [7, 11) is 1.54. The Bertz CT molecular complexity index is 861. The Kier molecular flexibility index (Phi) is 6.36. The first kappa shape index (κ1) is 19.5. The summed E-state index contributed by atoms with van der Waals surface area (Å²) in [5.41, 5.74) is 0.526. The van der Waals surface area contributed by atoms with Gasteiger partial charge in [-0.25, -0.2) is 0 Å². The number of allylic oxidation sites excluding steroid dienone is 1. The van der Waals surface area contributed by atoms with Gasteiger partial charge in [0.25, 0.3) is 5.69 Å². The normalized spacial score (nSPS) is 11.0. The average Bonchev–Trinajstić information content (AvgIpc) is 2.60. The molecular formula is C19H18ClNO5. The highest BCUT2D eigenvalue weighted by Crippen LogP contribution is 2.33. The van der Waals surface area contributed by atoms with E-state index >= 15 is 0 Å². The second-order valence-corrected chi connectivity index (χ2v) is 6.07. The molecule has 0 saturated carbocycles. The zero-order valence-corrected chi connectivity index (χ0v) is 15.3. The lowest BCUT2D eigenvalue weighted by Crippen LogP contribution is -2.08. The standard InChI is InChI=1S/C19H18ClNO5/c1-12(2)26-19-13(5-4-6-18(19)25-3)8-10-17(22)14-7-9-15(20)16(11-14)21(23)24/h4-12H,1-3H3/b10-8+. The quantitative estimate of drug-likeness (QED) is 0.296. The molecule has 0 aliphatic carbocycles.